The topological polar surface area (TPSA) is 28.6 Å². The van der Waals surface area contributed by atoms with Gasteiger partial charge in [0.25, 0.3) is 0 Å². The largest absolute Gasteiger partial charge is 0.487 e. The zero-order valence-corrected chi connectivity index (χ0v) is 17.9. The van der Waals surface area contributed by atoms with E-state index in [1.54, 1.807) is 0 Å². The van der Waals surface area contributed by atoms with Crippen LogP contribution in [0.15, 0.2) is 84.9 Å². The normalized spacial score (nSPS) is 14.7. The molecule has 3 aromatic carbocycles. The van der Waals surface area contributed by atoms with Gasteiger partial charge in [-0.1, -0.05) is 54.6 Å². The second-order valence-corrected chi connectivity index (χ2v) is 8.12. The Labute approximate surface area is 183 Å². The molecule has 4 aromatic rings. The van der Waals surface area contributed by atoms with Crippen LogP contribution in [0.5, 0.6) is 5.75 Å². The highest BCUT2D eigenvalue weighted by molar-refractivity contribution is 5.95. The number of nitrogens with zero attached hydrogens (tertiary/aromatic N) is 3. The van der Waals surface area contributed by atoms with E-state index in [9.17, 15) is 0 Å². The summed E-state index contributed by atoms with van der Waals surface area (Å²) < 4.78 is 6.16. The SMILES string of the molecule is CN1CCN(c2cccc3ccc(OCc4cccc(-c5ccccc5)n4)cc23)CC1. The fourth-order valence-corrected chi connectivity index (χ4v) is 4.14. The van der Waals surface area contributed by atoms with Crippen molar-refractivity contribution in [1.82, 2.24) is 9.88 Å². The van der Waals surface area contributed by atoms with Gasteiger partial charge in [0.05, 0.1) is 11.4 Å². The van der Waals surface area contributed by atoms with Gasteiger partial charge in [-0.2, -0.15) is 0 Å². The van der Waals surface area contributed by atoms with Crippen molar-refractivity contribution in [2.75, 3.05) is 38.1 Å². The predicted octanol–water partition coefficient (Wildman–Crippen LogP) is 5.23. The Bertz CT molecular complexity index is 1170. The van der Waals surface area contributed by atoms with Crippen LogP contribution < -0.4 is 9.64 Å². The average molecular weight is 410 g/mol. The molecule has 1 aliphatic rings. The summed E-state index contributed by atoms with van der Waals surface area (Å²) in [5, 5.41) is 2.49. The molecule has 0 N–H and O–H groups in total. The number of aromatic nitrogens is 1. The molecule has 4 nitrogen and oxygen atoms in total. The fourth-order valence-electron chi connectivity index (χ4n) is 4.14. The monoisotopic (exact) mass is 409 g/mol. The first kappa shape index (κ1) is 19.6. The third-order valence-corrected chi connectivity index (χ3v) is 5.94. The maximum Gasteiger partial charge on any atom is 0.130 e. The van der Waals surface area contributed by atoms with Gasteiger partial charge in [0, 0.05) is 42.8 Å². The highest BCUT2D eigenvalue weighted by atomic mass is 16.5. The zero-order valence-electron chi connectivity index (χ0n) is 17.9. The highest BCUT2D eigenvalue weighted by Crippen LogP contribution is 2.31. The van der Waals surface area contributed by atoms with E-state index in [0.29, 0.717) is 6.61 Å². The Morgan fingerprint density at radius 1 is 0.806 bits per heavy atom. The Morgan fingerprint density at radius 3 is 2.45 bits per heavy atom. The molecule has 1 fully saturated rings. The van der Waals surface area contributed by atoms with Gasteiger partial charge < -0.3 is 14.5 Å². The molecular formula is C27H27N3O. The van der Waals surface area contributed by atoms with E-state index in [1.807, 2.05) is 36.4 Å². The Morgan fingerprint density at radius 2 is 1.61 bits per heavy atom. The summed E-state index contributed by atoms with van der Waals surface area (Å²) in [6, 6.07) is 29.3. The lowest BCUT2D eigenvalue weighted by atomic mass is 10.1. The molecule has 156 valence electrons. The number of hydrogen-bond donors (Lipinski definition) is 0. The van der Waals surface area contributed by atoms with E-state index in [1.165, 1.54) is 16.5 Å². The van der Waals surface area contributed by atoms with Crippen LogP contribution in [0, 0.1) is 0 Å². The number of hydrogen-bond acceptors (Lipinski definition) is 4. The van der Waals surface area contributed by atoms with Crippen LogP contribution in [0.2, 0.25) is 0 Å². The minimum Gasteiger partial charge on any atom is -0.487 e. The molecule has 0 spiro atoms. The van der Waals surface area contributed by atoms with Crippen molar-refractivity contribution >= 4 is 16.5 Å². The molecule has 0 atom stereocenters. The minimum atomic E-state index is 0.447. The Hall–Kier alpha value is -3.37. The predicted molar refractivity (Wildman–Crippen MR) is 128 cm³/mol. The maximum absolute atomic E-state index is 6.16. The first-order chi connectivity index (χ1) is 15.3. The lowest BCUT2D eigenvalue weighted by Gasteiger charge is -2.34. The molecule has 5 rings (SSSR count). The third kappa shape index (κ3) is 4.39. The van der Waals surface area contributed by atoms with E-state index in [2.05, 4.69) is 65.4 Å². The summed E-state index contributed by atoms with van der Waals surface area (Å²) in [4.78, 5) is 9.65. The Balaban J connectivity index is 1.36. The second-order valence-electron chi connectivity index (χ2n) is 8.12. The zero-order chi connectivity index (χ0) is 21.0. The number of fused-ring (bicyclic) bond motifs is 1. The molecule has 0 bridgehead atoms. The van der Waals surface area contributed by atoms with Crippen molar-refractivity contribution in [3.05, 3.63) is 90.6 Å². The van der Waals surface area contributed by atoms with Crippen molar-refractivity contribution in [2.24, 2.45) is 0 Å². The Kier molecular flexibility index (Phi) is 5.55. The number of pyridine rings is 1. The van der Waals surface area contributed by atoms with Crippen LogP contribution in [0.25, 0.3) is 22.0 Å². The molecule has 0 radical (unpaired) electrons. The molecule has 4 heteroatoms. The lowest BCUT2D eigenvalue weighted by molar-refractivity contribution is 0.302. The molecule has 0 unspecified atom stereocenters. The van der Waals surface area contributed by atoms with Crippen LogP contribution >= 0.6 is 0 Å². The van der Waals surface area contributed by atoms with Crippen molar-refractivity contribution in [1.29, 1.82) is 0 Å². The summed E-state index contributed by atoms with van der Waals surface area (Å²) in [7, 11) is 2.19. The van der Waals surface area contributed by atoms with Gasteiger partial charge in [-0.05, 0) is 42.8 Å². The van der Waals surface area contributed by atoms with E-state index in [4.69, 9.17) is 9.72 Å². The first-order valence-corrected chi connectivity index (χ1v) is 10.9. The molecule has 0 aliphatic carbocycles. The van der Waals surface area contributed by atoms with Crippen molar-refractivity contribution < 1.29 is 4.74 Å². The molecule has 1 aliphatic heterocycles. The highest BCUT2D eigenvalue weighted by Gasteiger charge is 2.16. The standard InChI is InChI=1S/C27H27N3O/c1-29-15-17-30(18-16-29)27-12-5-9-21-13-14-24(19-25(21)27)31-20-23-10-6-11-26(28-23)22-7-3-2-4-8-22/h2-14,19H,15-18,20H2,1H3. The van der Waals surface area contributed by atoms with Crippen LogP contribution in [0.1, 0.15) is 5.69 Å². The first-order valence-electron chi connectivity index (χ1n) is 10.9. The summed E-state index contributed by atoms with van der Waals surface area (Å²) >= 11 is 0. The number of anilines is 1. The molecule has 1 saturated heterocycles. The van der Waals surface area contributed by atoms with E-state index in [0.717, 1.165) is 48.9 Å². The van der Waals surface area contributed by atoms with Crippen molar-refractivity contribution in [3.63, 3.8) is 0 Å². The van der Waals surface area contributed by atoms with Gasteiger partial charge in [0.15, 0.2) is 0 Å². The number of piperazine rings is 1. The van der Waals surface area contributed by atoms with Crippen LogP contribution in [-0.4, -0.2) is 43.1 Å². The second kappa shape index (κ2) is 8.78. The third-order valence-electron chi connectivity index (χ3n) is 5.94. The van der Waals surface area contributed by atoms with Crippen LogP contribution in [-0.2, 0) is 6.61 Å². The van der Waals surface area contributed by atoms with Gasteiger partial charge in [-0.3, -0.25) is 0 Å². The van der Waals surface area contributed by atoms with E-state index >= 15 is 0 Å². The number of benzene rings is 3. The quantitative estimate of drug-likeness (QED) is 0.451. The average Bonchev–Trinajstić information content (AvgIpc) is 2.83. The summed E-state index contributed by atoms with van der Waals surface area (Å²) in [6.45, 7) is 4.74. The number of ether oxygens (including phenoxy) is 1. The van der Waals surface area contributed by atoms with Gasteiger partial charge in [0.2, 0.25) is 0 Å². The maximum atomic E-state index is 6.16. The van der Waals surface area contributed by atoms with Gasteiger partial charge in [-0.25, -0.2) is 4.98 Å². The lowest BCUT2D eigenvalue weighted by Crippen LogP contribution is -2.44. The van der Waals surface area contributed by atoms with Gasteiger partial charge in [-0.15, -0.1) is 0 Å². The molecule has 0 saturated carbocycles. The molecule has 0 amide bonds. The molecule has 31 heavy (non-hydrogen) atoms. The fraction of sp³-hybridized carbons (Fsp3) is 0.222. The summed E-state index contributed by atoms with van der Waals surface area (Å²) in [5.74, 6) is 0.876. The summed E-state index contributed by atoms with van der Waals surface area (Å²) in [6.07, 6.45) is 0. The van der Waals surface area contributed by atoms with Gasteiger partial charge >= 0.3 is 0 Å². The minimum absolute atomic E-state index is 0.447. The van der Waals surface area contributed by atoms with Crippen molar-refractivity contribution in [2.45, 2.75) is 6.61 Å². The van der Waals surface area contributed by atoms with Crippen molar-refractivity contribution in [3.8, 4) is 17.0 Å². The smallest absolute Gasteiger partial charge is 0.130 e. The molecular weight excluding hydrogens is 382 g/mol. The molecule has 1 aromatic heterocycles. The molecule has 2 heterocycles. The van der Waals surface area contributed by atoms with Crippen LogP contribution in [0.4, 0.5) is 5.69 Å². The van der Waals surface area contributed by atoms with E-state index in [-0.39, 0.29) is 0 Å². The number of rotatable bonds is 5. The summed E-state index contributed by atoms with van der Waals surface area (Å²) in [5.41, 5.74) is 4.30. The van der Waals surface area contributed by atoms with Gasteiger partial charge in [0.1, 0.15) is 12.4 Å². The van der Waals surface area contributed by atoms with E-state index < -0.39 is 0 Å². The van der Waals surface area contributed by atoms with Crippen LogP contribution in [0.3, 0.4) is 0 Å². The number of likely N-dealkylation sites (N-methyl/N-ethyl adjacent to an activating group) is 1.